The Bertz CT molecular complexity index is 384. The van der Waals surface area contributed by atoms with Crippen LogP contribution < -0.4 is 5.73 Å². The Morgan fingerprint density at radius 1 is 1.24 bits per heavy atom. The van der Waals surface area contributed by atoms with Crippen LogP contribution in [0.5, 0.6) is 0 Å². The molecule has 1 aliphatic heterocycles. The van der Waals surface area contributed by atoms with Gasteiger partial charge in [-0.1, -0.05) is 0 Å². The van der Waals surface area contributed by atoms with Gasteiger partial charge in [0.05, 0.1) is 17.4 Å². The van der Waals surface area contributed by atoms with Gasteiger partial charge in [0.2, 0.25) is 0 Å². The van der Waals surface area contributed by atoms with Crippen LogP contribution in [0.3, 0.4) is 0 Å². The lowest BCUT2D eigenvalue weighted by molar-refractivity contribution is -0.144. The number of fused-ring (bicyclic) bond motifs is 2. The van der Waals surface area contributed by atoms with Gasteiger partial charge < -0.3 is 10.8 Å². The summed E-state index contributed by atoms with van der Waals surface area (Å²) < 4.78 is 23.4. The minimum Gasteiger partial charge on any atom is -0.481 e. The average molecular weight is 261 g/mol. The highest BCUT2D eigenvalue weighted by Crippen LogP contribution is 2.44. The summed E-state index contributed by atoms with van der Waals surface area (Å²) in [5, 5.41) is 9.07. The van der Waals surface area contributed by atoms with Gasteiger partial charge in [0, 0.05) is 0 Å². The van der Waals surface area contributed by atoms with E-state index in [2.05, 4.69) is 0 Å². The zero-order valence-electron chi connectivity index (χ0n) is 9.71. The van der Waals surface area contributed by atoms with Crippen LogP contribution >= 0.6 is 0 Å². The van der Waals surface area contributed by atoms with Gasteiger partial charge in [-0.25, -0.2) is 8.42 Å². The number of carboxylic acids is 1. The molecule has 98 valence electrons. The lowest BCUT2D eigenvalue weighted by Crippen LogP contribution is -2.47. The third-order valence-electron chi connectivity index (χ3n) is 4.17. The molecule has 2 atom stereocenters. The molecule has 3 N–H and O–H groups in total. The van der Waals surface area contributed by atoms with E-state index in [-0.39, 0.29) is 29.3 Å². The van der Waals surface area contributed by atoms with Crippen molar-refractivity contribution < 1.29 is 18.3 Å². The molecule has 0 aromatic heterocycles. The molecule has 0 aromatic carbocycles. The zero-order valence-corrected chi connectivity index (χ0v) is 10.5. The van der Waals surface area contributed by atoms with Crippen LogP contribution in [0.25, 0.3) is 0 Å². The SMILES string of the molecule is NCCC1C2CC(C(=O)O)CC1CS(=O)(=O)C2. The summed E-state index contributed by atoms with van der Waals surface area (Å²) in [6.45, 7) is 0.551. The minimum absolute atomic E-state index is 0.00264. The number of hydrogen-bond donors (Lipinski definition) is 2. The second-order valence-electron chi connectivity index (χ2n) is 5.34. The lowest BCUT2D eigenvalue weighted by Gasteiger charge is -2.44. The van der Waals surface area contributed by atoms with E-state index in [4.69, 9.17) is 10.8 Å². The molecular weight excluding hydrogens is 242 g/mol. The molecule has 0 amide bonds. The second-order valence-corrected chi connectivity index (χ2v) is 7.50. The van der Waals surface area contributed by atoms with Crippen molar-refractivity contribution in [2.75, 3.05) is 18.1 Å². The molecule has 0 radical (unpaired) electrons. The van der Waals surface area contributed by atoms with Gasteiger partial charge in [-0.15, -0.1) is 0 Å². The van der Waals surface area contributed by atoms with E-state index >= 15 is 0 Å². The Morgan fingerprint density at radius 2 is 1.76 bits per heavy atom. The fourth-order valence-corrected chi connectivity index (χ4v) is 5.74. The third kappa shape index (κ3) is 2.63. The third-order valence-corrected chi connectivity index (χ3v) is 6.04. The number of nitrogens with two attached hydrogens (primary N) is 1. The zero-order chi connectivity index (χ0) is 12.6. The van der Waals surface area contributed by atoms with Crippen LogP contribution in [0, 0.1) is 23.7 Å². The number of hydrogen-bond acceptors (Lipinski definition) is 4. The summed E-state index contributed by atoms with van der Waals surface area (Å²) in [5.41, 5.74) is 5.56. The molecule has 0 spiro atoms. The van der Waals surface area contributed by atoms with E-state index in [9.17, 15) is 13.2 Å². The molecule has 2 aliphatic rings. The van der Waals surface area contributed by atoms with Crippen LogP contribution in [-0.2, 0) is 14.6 Å². The maximum absolute atomic E-state index is 11.7. The molecular formula is C11H19NO4S. The molecule has 2 bridgehead atoms. The van der Waals surface area contributed by atoms with Crippen molar-refractivity contribution in [1.82, 2.24) is 0 Å². The number of sulfone groups is 1. The summed E-state index contributed by atoms with van der Waals surface area (Å²) in [5.74, 6) is -0.552. The summed E-state index contributed by atoms with van der Waals surface area (Å²) in [6.07, 6.45) is 1.81. The molecule has 17 heavy (non-hydrogen) atoms. The van der Waals surface area contributed by atoms with Gasteiger partial charge in [0.15, 0.2) is 9.84 Å². The Balaban J connectivity index is 2.19. The van der Waals surface area contributed by atoms with Crippen LogP contribution in [0.15, 0.2) is 0 Å². The molecule has 6 heteroatoms. The molecule has 2 unspecified atom stereocenters. The van der Waals surface area contributed by atoms with E-state index in [0.717, 1.165) is 6.42 Å². The van der Waals surface area contributed by atoms with Gasteiger partial charge in [-0.2, -0.15) is 0 Å². The smallest absolute Gasteiger partial charge is 0.306 e. The summed E-state index contributed by atoms with van der Waals surface area (Å²) in [7, 11) is -2.98. The molecule has 1 saturated carbocycles. The Labute approximate surface area is 101 Å². The van der Waals surface area contributed by atoms with Crippen LogP contribution in [-0.4, -0.2) is 37.5 Å². The second kappa shape index (κ2) is 4.57. The Morgan fingerprint density at radius 3 is 2.18 bits per heavy atom. The van der Waals surface area contributed by atoms with Crippen molar-refractivity contribution in [2.24, 2.45) is 29.4 Å². The quantitative estimate of drug-likeness (QED) is 0.751. The molecule has 1 heterocycles. The lowest BCUT2D eigenvalue weighted by atomic mass is 9.67. The van der Waals surface area contributed by atoms with Crippen molar-refractivity contribution >= 4 is 15.8 Å². The normalized spacial score (nSPS) is 39.8. The maximum atomic E-state index is 11.7. The van der Waals surface area contributed by atoms with Crippen LogP contribution in [0.2, 0.25) is 0 Å². The van der Waals surface area contributed by atoms with E-state index in [1.807, 2.05) is 0 Å². The minimum atomic E-state index is -2.98. The molecule has 1 aliphatic carbocycles. The Kier molecular flexibility index (Phi) is 3.45. The first kappa shape index (κ1) is 12.8. The summed E-state index contributed by atoms with van der Waals surface area (Å²) >= 11 is 0. The van der Waals surface area contributed by atoms with E-state index in [0.29, 0.717) is 25.3 Å². The molecule has 1 saturated heterocycles. The summed E-state index contributed by atoms with van der Waals surface area (Å²) in [6, 6.07) is 0. The monoisotopic (exact) mass is 261 g/mol. The molecule has 2 rings (SSSR count). The molecule has 0 aromatic rings. The van der Waals surface area contributed by atoms with E-state index < -0.39 is 15.8 Å². The van der Waals surface area contributed by atoms with Crippen LogP contribution in [0.1, 0.15) is 19.3 Å². The fraction of sp³-hybridized carbons (Fsp3) is 0.909. The standard InChI is InChI=1S/C11H19NO4S/c12-2-1-10-8-3-7(11(13)14)4-9(10)6-17(15,16)5-8/h7-10H,1-6,12H2,(H,13,14). The predicted octanol–water partition coefficient (Wildman–Crippen LogP) is 0.107. The summed E-state index contributed by atoms with van der Waals surface area (Å²) in [4.78, 5) is 11.0. The fourth-order valence-electron chi connectivity index (χ4n) is 3.53. The van der Waals surface area contributed by atoms with Gasteiger partial charge in [-0.05, 0) is 43.6 Å². The molecule has 2 fully saturated rings. The van der Waals surface area contributed by atoms with E-state index in [1.165, 1.54) is 0 Å². The maximum Gasteiger partial charge on any atom is 0.306 e. The van der Waals surface area contributed by atoms with Gasteiger partial charge >= 0.3 is 5.97 Å². The number of aliphatic carboxylic acids is 1. The Hall–Kier alpha value is -0.620. The van der Waals surface area contributed by atoms with Crippen molar-refractivity contribution in [3.63, 3.8) is 0 Å². The first-order chi connectivity index (χ1) is 7.93. The number of rotatable bonds is 3. The van der Waals surface area contributed by atoms with E-state index in [1.54, 1.807) is 0 Å². The van der Waals surface area contributed by atoms with Crippen molar-refractivity contribution in [1.29, 1.82) is 0 Å². The first-order valence-electron chi connectivity index (χ1n) is 6.06. The van der Waals surface area contributed by atoms with Crippen molar-refractivity contribution in [2.45, 2.75) is 19.3 Å². The first-order valence-corrected chi connectivity index (χ1v) is 7.88. The van der Waals surface area contributed by atoms with Crippen LogP contribution in [0.4, 0.5) is 0 Å². The van der Waals surface area contributed by atoms with Crippen molar-refractivity contribution in [3.8, 4) is 0 Å². The predicted molar refractivity (Wildman–Crippen MR) is 63.2 cm³/mol. The van der Waals surface area contributed by atoms with Crippen molar-refractivity contribution in [3.05, 3.63) is 0 Å². The number of carbonyl (C=O) groups is 1. The molecule has 5 nitrogen and oxygen atoms in total. The van der Waals surface area contributed by atoms with Gasteiger partial charge in [0.1, 0.15) is 0 Å². The topological polar surface area (TPSA) is 97.5 Å². The van der Waals surface area contributed by atoms with Gasteiger partial charge in [-0.3, -0.25) is 4.79 Å². The number of carboxylic acid groups (broad SMARTS) is 1. The highest BCUT2D eigenvalue weighted by Gasteiger charge is 2.46. The highest BCUT2D eigenvalue weighted by atomic mass is 32.2. The van der Waals surface area contributed by atoms with Gasteiger partial charge in [0.25, 0.3) is 0 Å². The highest BCUT2D eigenvalue weighted by molar-refractivity contribution is 7.91. The largest absolute Gasteiger partial charge is 0.481 e. The average Bonchev–Trinajstić information content (AvgIpc) is 2.18.